The number of nitrogens with one attached hydrogen (secondary N) is 1. The number of fused-ring (bicyclic) bond motifs is 3. The minimum Gasteiger partial charge on any atom is -0.456 e. The summed E-state index contributed by atoms with van der Waals surface area (Å²) >= 11 is 0. The summed E-state index contributed by atoms with van der Waals surface area (Å²) in [7, 11) is 3.22. The third-order valence-electron chi connectivity index (χ3n) is 9.72. The lowest BCUT2D eigenvalue weighted by Crippen LogP contribution is -2.44. The first-order chi connectivity index (χ1) is 30.4. The smallest absolute Gasteiger partial charge is 0.407 e. The highest BCUT2D eigenvalue weighted by molar-refractivity contribution is 5.98. The highest BCUT2D eigenvalue weighted by Crippen LogP contribution is 2.44. The molecule has 2 amide bonds. The quantitative estimate of drug-likeness (QED) is 0.0511. The maximum Gasteiger partial charge on any atom is 0.407 e. The van der Waals surface area contributed by atoms with Crippen molar-refractivity contribution in [3.05, 3.63) is 95.6 Å². The number of hydrogen-bond donors (Lipinski definition) is 1. The molecule has 1 N–H and O–H groups in total. The number of benzene rings is 3. The van der Waals surface area contributed by atoms with Gasteiger partial charge >= 0.3 is 12.1 Å². The zero-order valence-electron chi connectivity index (χ0n) is 36.0. The van der Waals surface area contributed by atoms with Crippen molar-refractivity contribution in [2.45, 2.75) is 24.8 Å². The average molecular weight is 867 g/mol. The van der Waals surface area contributed by atoms with E-state index in [1.54, 1.807) is 49.5 Å². The molecule has 0 heterocycles. The molecule has 0 radical (unpaired) electrons. The molecule has 0 bridgehead atoms. The van der Waals surface area contributed by atoms with Gasteiger partial charge in [0.2, 0.25) is 5.91 Å². The summed E-state index contributed by atoms with van der Waals surface area (Å²) in [5.41, 5.74) is 4.57. The van der Waals surface area contributed by atoms with Crippen LogP contribution in [0.5, 0.6) is 0 Å². The van der Waals surface area contributed by atoms with E-state index in [2.05, 4.69) is 5.32 Å². The predicted molar refractivity (Wildman–Crippen MR) is 228 cm³/mol. The molecule has 0 aliphatic heterocycles. The van der Waals surface area contributed by atoms with Gasteiger partial charge in [0.25, 0.3) is 0 Å². The van der Waals surface area contributed by atoms with Crippen molar-refractivity contribution < 1.29 is 66.5 Å². The molecule has 1 atom stereocenters. The number of nitrogens with zero attached hydrogens (tertiary/aromatic N) is 1. The molecule has 0 spiro atoms. The van der Waals surface area contributed by atoms with Gasteiger partial charge in [-0.1, -0.05) is 78.9 Å². The van der Waals surface area contributed by atoms with Crippen LogP contribution in [0.15, 0.2) is 78.9 Å². The highest BCUT2D eigenvalue weighted by atomic mass is 16.6. The van der Waals surface area contributed by atoms with Crippen LogP contribution >= 0.6 is 0 Å². The Morgan fingerprint density at radius 3 is 1.52 bits per heavy atom. The van der Waals surface area contributed by atoms with E-state index in [4.69, 9.17) is 47.4 Å². The summed E-state index contributed by atoms with van der Waals surface area (Å²) in [5.74, 6) is -1.80. The van der Waals surface area contributed by atoms with Crippen LogP contribution in [0.1, 0.15) is 40.2 Å². The minimum absolute atomic E-state index is 0.0151. The number of Topliss-reactive ketones (excluding diaryl/α,β-unsaturated/α-hetero) is 1. The van der Waals surface area contributed by atoms with Crippen LogP contribution in [0.25, 0.3) is 11.1 Å². The fraction of sp³-hybridized carbons (Fsp3) is 0.522. The van der Waals surface area contributed by atoms with Crippen LogP contribution in [0.4, 0.5) is 4.79 Å². The largest absolute Gasteiger partial charge is 0.456 e. The average Bonchev–Trinajstić information content (AvgIpc) is 3.62. The molecule has 62 heavy (non-hydrogen) atoms. The Kier molecular flexibility index (Phi) is 24.4. The normalized spacial score (nSPS) is 12.4. The molecule has 3 aromatic carbocycles. The summed E-state index contributed by atoms with van der Waals surface area (Å²) in [4.78, 5) is 54.9. The Bertz CT molecular complexity index is 1670. The van der Waals surface area contributed by atoms with Gasteiger partial charge in [-0.3, -0.25) is 9.59 Å². The first-order valence-electron chi connectivity index (χ1n) is 21.0. The molecular formula is C46H62N2O14. The molecule has 4 rings (SSSR count). The summed E-state index contributed by atoms with van der Waals surface area (Å²) in [5, 5.41) is 2.60. The van der Waals surface area contributed by atoms with Crippen molar-refractivity contribution in [1.82, 2.24) is 10.2 Å². The van der Waals surface area contributed by atoms with Crippen molar-refractivity contribution in [3.63, 3.8) is 0 Å². The number of carbonyl (C=O) groups excluding carboxylic acids is 4. The first-order valence-corrected chi connectivity index (χ1v) is 21.0. The van der Waals surface area contributed by atoms with Gasteiger partial charge in [0.15, 0.2) is 12.4 Å². The van der Waals surface area contributed by atoms with Crippen molar-refractivity contribution in [1.29, 1.82) is 0 Å². The summed E-state index contributed by atoms with van der Waals surface area (Å²) in [6.07, 6.45) is -1.13. The number of methoxy groups -OCH3 is 2. The van der Waals surface area contributed by atoms with Gasteiger partial charge < -0.3 is 57.6 Å². The molecule has 0 saturated carbocycles. The van der Waals surface area contributed by atoms with E-state index < -0.39 is 30.5 Å². The molecule has 0 saturated heterocycles. The number of esters is 1. The van der Waals surface area contributed by atoms with Gasteiger partial charge in [-0.05, 0) is 28.7 Å². The van der Waals surface area contributed by atoms with Crippen molar-refractivity contribution >= 4 is 23.8 Å². The Morgan fingerprint density at radius 2 is 1.02 bits per heavy atom. The number of amides is 2. The second-order valence-electron chi connectivity index (χ2n) is 14.0. The predicted octanol–water partition coefficient (Wildman–Crippen LogP) is 4.32. The molecule has 1 aliphatic rings. The fourth-order valence-electron chi connectivity index (χ4n) is 6.48. The molecule has 0 unspecified atom stereocenters. The van der Waals surface area contributed by atoms with Crippen LogP contribution in [-0.4, -0.2) is 168 Å². The Labute approximate surface area is 364 Å². The number of carbonyl (C=O) groups is 4. The van der Waals surface area contributed by atoms with Crippen LogP contribution in [0, 0.1) is 0 Å². The summed E-state index contributed by atoms with van der Waals surface area (Å²) in [6, 6.07) is 23.0. The number of ether oxygens (including phenoxy) is 10. The maximum atomic E-state index is 13.7. The third-order valence-corrected chi connectivity index (χ3v) is 9.72. The number of hydrogen-bond acceptors (Lipinski definition) is 14. The second-order valence-corrected chi connectivity index (χ2v) is 14.0. The molecular weight excluding hydrogens is 805 g/mol. The zero-order valence-corrected chi connectivity index (χ0v) is 36.0. The second kappa shape index (κ2) is 30.3. The Balaban J connectivity index is 1.32. The van der Waals surface area contributed by atoms with Crippen molar-refractivity contribution in [3.8, 4) is 11.1 Å². The van der Waals surface area contributed by atoms with Crippen LogP contribution in [0.3, 0.4) is 0 Å². The molecule has 16 heteroatoms. The maximum absolute atomic E-state index is 13.7. The lowest BCUT2D eigenvalue weighted by atomic mass is 9.98. The van der Waals surface area contributed by atoms with Gasteiger partial charge in [-0.15, -0.1) is 0 Å². The van der Waals surface area contributed by atoms with Gasteiger partial charge in [0.05, 0.1) is 92.5 Å². The van der Waals surface area contributed by atoms with E-state index >= 15 is 0 Å². The van der Waals surface area contributed by atoms with E-state index in [0.29, 0.717) is 84.8 Å². The van der Waals surface area contributed by atoms with Crippen LogP contribution in [-0.2, 0) is 57.0 Å². The molecule has 16 nitrogen and oxygen atoms in total. The Morgan fingerprint density at radius 1 is 0.565 bits per heavy atom. The standard InChI is InChI=1S/C46H62N2O14/c1-53-22-24-57-30-32-59-28-26-55-20-18-48(19-21-56-27-29-60-33-31-58-25-23-54-2)44(50)17-16-42(45(51)61-35-43(49)36-10-4-3-5-11-36)47-46(52)62-34-41-39-14-8-6-12-37(39)38-13-7-9-15-40(38)41/h3-15,41-42H,16-35H2,1-2H3,(H,47,52)/t42-/m0/s1. The first kappa shape index (κ1) is 49.9. The van der Waals surface area contributed by atoms with Gasteiger partial charge in [0, 0.05) is 45.2 Å². The minimum atomic E-state index is -1.29. The van der Waals surface area contributed by atoms with E-state index in [0.717, 1.165) is 22.3 Å². The lowest BCUT2D eigenvalue weighted by molar-refractivity contribution is -0.145. The Hall–Kier alpha value is -4.78. The third kappa shape index (κ3) is 18.3. The molecule has 0 aromatic heterocycles. The summed E-state index contributed by atoms with van der Waals surface area (Å²) in [6.45, 7) is 5.38. The van der Waals surface area contributed by atoms with Crippen molar-refractivity contribution in [2.75, 3.05) is 133 Å². The van der Waals surface area contributed by atoms with Crippen molar-refractivity contribution in [2.24, 2.45) is 0 Å². The van der Waals surface area contributed by atoms with E-state index in [9.17, 15) is 19.2 Å². The molecule has 1 aliphatic carbocycles. The van der Waals surface area contributed by atoms with Gasteiger partial charge in [-0.25, -0.2) is 9.59 Å². The molecule has 3 aromatic rings. The van der Waals surface area contributed by atoms with Gasteiger partial charge in [-0.2, -0.15) is 0 Å². The van der Waals surface area contributed by atoms with E-state index in [1.807, 2.05) is 48.5 Å². The number of rotatable bonds is 34. The fourth-order valence-corrected chi connectivity index (χ4v) is 6.48. The van der Waals surface area contributed by atoms with Crippen LogP contribution < -0.4 is 5.32 Å². The molecule has 0 fully saturated rings. The van der Waals surface area contributed by atoms with Gasteiger partial charge in [0.1, 0.15) is 12.6 Å². The molecule has 340 valence electrons. The monoisotopic (exact) mass is 866 g/mol. The number of alkyl carbamates (subject to hydrolysis) is 1. The zero-order chi connectivity index (χ0) is 44.0. The van der Waals surface area contributed by atoms with E-state index in [1.165, 1.54) is 0 Å². The summed E-state index contributed by atoms with van der Waals surface area (Å²) < 4.78 is 54.4. The lowest BCUT2D eigenvalue weighted by Gasteiger charge is -2.24. The number of ketones is 1. The topological polar surface area (TPSA) is 176 Å². The SMILES string of the molecule is COCCOCCOCCOCCN(CCOCCOCCOCCOC)C(=O)CC[C@H](NC(=O)OCC1c2ccccc2-c2ccccc21)C(=O)OCC(=O)c1ccccc1. The van der Waals surface area contributed by atoms with Crippen LogP contribution in [0.2, 0.25) is 0 Å². The van der Waals surface area contributed by atoms with E-state index in [-0.39, 0.29) is 57.6 Å². The highest BCUT2D eigenvalue weighted by Gasteiger charge is 2.31.